The molecule has 0 aromatic heterocycles. The summed E-state index contributed by atoms with van der Waals surface area (Å²) in [5, 5.41) is 17.0. The van der Waals surface area contributed by atoms with E-state index in [2.05, 4.69) is 16.0 Å². The normalized spacial score (nSPS) is 12.7. The number of aromatic hydroxyl groups is 1. The molecule has 6 N–H and O–H groups in total. The second-order valence-corrected chi connectivity index (χ2v) is 6.76. The lowest BCUT2D eigenvalue weighted by Gasteiger charge is -2.25. The monoisotopic (exact) mass is 392 g/mol. The van der Waals surface area contributed by atoms with Gasteiger partial charge in [0.15, 0.2) is 0 Å². The van der Waals surface area contributed by atoms with Crippen molar-refractivity contribution >= 4 is 23.6 Å². The molecule has 0 unspecified atom stereocenters. The highest BCUT2D eigenvalue weighted by Gasteiger charge is 2.28. The molecule has 9 heteroatoms. The summed E-state index contributed by atoms with van der Waals surface area (Å²) in [7, 11) is 0. The molecule has 0 spiro atoms. The minimum Gasteiger partial charge on any atom is -0.508 e. The van der Waals surface area contributed by atoms with E-state index in [0.29, 0.717) is 5.56 Å². The van der Waals surface area contributed by atoms with E-state index in [0.717, 1.165) is 0 Å². The number of hydrogen-bond donors (Lipinski definition) is 5. The lowest BCUT2D eigenvalue weighted by molar-refractivity contribution is -0.133. The van der Waals surface area contributed by atoms with Crippen LogP contribution in [0, 0.1) is 5.92 Å². The molecular formula is C19H28N4O5. The quantitative estimate of drug-likeness (QED) is 0.366. The first-order valence-corrected chi connectivity index (χ1v) is 9.07. The van der Waals surface area contributed by atoms with Crippen LogP contribution >= 0.6 is 0 Å². The van der Waals surface area contributed by atoms with E-state index in [4.69, 9.17) is 5.73 Å². The van der Waals surface area contributed by atoms with Crippen molar-refractivity contribution in [1.29, 1.82) is 0 Å². The third-order valence-corrected chi connectivity index (χ3v) is 4.03. The molecule has 0 heterocycles. The van der Waals surface area contributed by atoms with Gasteiger partial charge in [-0.3, -0.25) is 19.2 Å². The minimum atomic E-state index is -0.990. The molecule has 0 aliphatic rings. The van der Waals surface area contributed by atoms with Gasteiger partial charge in [-0.05, 0) is 23.6 Å². The SMILES string of the molecule is CCC(=O)N[C@H](C(=O)N[C@@H](Cc1ccc(O)cc1)C(=O)NCC(N)=O)C(C)C. The number of rotatable bonds is 10. The van der Waals surface area contributed by atoms with Gasteiger partial charge in [-0.15, -0.1) is 0 Å². The number of nitrogens with one attached hydrogen (secondary N) is 3. The van der Waals surface area contributed by atoms with Crippen molar-refractivity contribution in [2.24, 2.45) is 11.7 Å². The van der Waals surface area contributed by atoms with Crippen molar-refractivity contribution in [2.45, 2.75) is 45.7 Å². The number of benzene rings is 1. The Labute approximate surface area is 164 Å². The van der Waals surface area contributed by atoms with Crippen LogP contribution in [-0.2, 0) is 25.6 Å². The molecule has 0 saturated carbocycles. The van der Waals surface area contributed by atoms with Crippen LogP contribution in [0.15, 0.2) is 24.3 Å². The smallest absolute Gasteiger partial charge is 0.243 e. The van der Waals surface area contributed by atoms with Gasteiger partial charge in [0.05, 0.1) is 6.54 Å². The molecule has 0 radical (unpaired) electrons. The number of hydrogen-bond acceptors (Lipinski definition) is 5. The standard InChI is InChI=1S/C19H28N4O5/c1-4-16(26)23-17(11(2)3)19(28)22-14(18(27)21-10-15(20)25)9-12-5-7-13(24)8-6-12/h5-8,11,14,17,24H,4,9-10H2,1-3H3,(H2,20,25)(H,21,27)(H,22,28)(H,23,26)/t14-,17-/m0/s1. The molecular weight excluding hydrogens is 364 g/mol. The van der Waals surface area contributed by atoms with E-state index in [-0.39, 0.29) is 37.0 Å². The van der Waals surface area contributed by atoms with Crippen molar-refractivity contribution in [1.82, 2.24) is 16.0 Å². The zero-order valence-corrected chi connectivity index (χ0v) is 16.3. The van der Waals surface area contributed by atoms with Gasteiger partial charge in [-0.2, -0.15) is 0 Å². The Morgan fingerprint density at radius 1 is 1.04 bits per heavy atom. The topological polar surface area (TPSA) is 151 Å². The first-order chi connectivity index (χ1) is 13.1. The zero-order chi connectivity index (χ0) is 21.3. The Kier molecular flexibility index (Phi) is 8.94. The molecule has 28 heavy (non-hydrogen) atoms. The van der Waals surface area contributed by atoms with Gasteiger partial charge in [-0.1, -0.05) is 32.9 Å². The van der Waals surface area contributed by atoms with E-state index < -0.39 is 29.8 Å². The number of amides is 4. The van der Waals surface area contributed by atoms with Crippen molar-refractivity contribution in [2.75, 3.05) is 6.54 Å². The predicted molar refractivity (Wildman–Crippen MR) is 103 cm³/mol. The highest BCUT2D eigenvalue weighted by Crippen LogP contribution is 2.12. The maximum absolute atomic E-state index is 12.7. The third kappa shape index (κ3) is 7.65. The van der Waals surface area contributed by atoms with Crippen molar-refractivity contribution < 1.29 is 24.3 Å². The molecule has 154 valence electrons. The lowest BCUT2D eigenvalue weighted by Crippen LogP contribution is -2.56. The number of nitrogens with two attached hydrogens (primary N) is 1. The Bertz CT molecular complexity index is 703. The summed E-state index contributed by atoms with van der Waals surface area (Å²) in [4.78, 5) is 47.8. The fourth-order valence-electron chi connectivity index (χ4n) is 2.45. The van der Waals surface area contributed by atoms with Crippen LogP contribution < -0.4 is 21.7 Å². The summed E-state index contributed by atoms with van der Waals surface area (Å²) in [5.41, 5.74) is 5.74. The van der Waals surface area contributed by atoms with Gasteiger partial charge in [-0.25, -0.2) is 0 Å². The fourth-order valence-corrected chi connectivity index (χ4v) is 2.45. The van der Waals surface area contributed by atoms with Crippen molar-refractivity contribution in [3.8, 4) is 5.75 Å². The molecule has 1 aromatic carbocycles. The zero-order valence-electron chi connectivity index (χ0n) is 16.3. The molecule has 9 nitrogen and oxygen atoms in total. The third-order valence-electron chi connectivity index (χ3n) is 4.03. The molecule has 0 fully saturated rings. The van der Waals surface area contributed by atoms with Crippen molar-refractivity contribution in [3.63, 3.8) is 0 Å². The van der Waals surface area contributed by atoms with Crippen LogP contribution in [0.1, 0.15) is 32.8 Å². The Hall–Kier alpha value is -3.10. The fraction of sp³-hybridized carbons (Fsp3) is 0.474. The molecule has 0 aliphatic carbocycles. The first kappa shape index (κ1) is 22.9. The molecule has 0 bridgehead atoms. The van der Waals surface area contributed by atoms with E-state index in [1.807, 2.05) is 0 Å². The summed E-state index contributed by atoms with van der Waals surface area (Å²) in [6, 6.07) is 4.38. The number of carbonyl (C=O) groups excluding carboxylic acids is 4. The van der Waals surface area contributed by atoms with Gasteiger partial charge in [0.2, 0.25) is 23.6 Å². The second-order valence-electron chi connectivity index (χ2n) is 6.76. The number of carbonyl (C=O) groups is 4. The number of phenolic OH excluding ortho intramolecular Hbond substituents is 1. The second kappa shape index (κ2) is 10.9. The Morgan fingerprint density at radius 3 is 2.14 bits per heavy atom. The highest BCUT2D eigenvalue weighted by atomic mass is 16.3. The Morgan fingerprint density at radius 2 is 1.64 bits per heavy atom. The van der Waals surface area contributed by atoms with E-state index in [1.54, 1.807) is 32.9 Å². The molecule has 2 atom stereocenters. The molecule has 0 aliphatic heterocycles. The largest absolute Gasteiger partial charge is 0.508 e. The van der Waals surface area contributed by atoms with Gasteiger partial charge in [0.25, 0.3) is 0 Å². The van der Waals surface area contributed by atoms with Gasteiger partial charge in [0, 0.05) is 12.8 Å². The minimum absolute atomic E-state index is 0.0738. The number of primary amides is 1. The molecule has 4 amide bonds. The summed E-state index contributed by atoms with van der Waals surface area (Å²) in [6.07, 6.45) is 0.357. The van der Waals surface area contributed by atoms with Crippen LogP contribution in [0.2, 0.25) is 0 Å². The van der Waals surface area contributed by atoms with Gasteiger partial charge in [0.1, 0.15) is 17.8 Å². The summed E-state index contributed by atoms with van der Waals surface area (Å²) < 4.78 is 0. The maximum Gasteiger partial charge on any atom is 0.243 e. The van der Waals surface area contributed by atoms with Crippen molar-refractivity contribution in [3.05, 3.63) is 29.8 Å². The van der Waals surface area contributed by atoms with Gasteiger partial charge < -0.3 is 26.8 Å². The predicted octanol–water partition coefficient (Wildman–Crippen LogP) is -0.428. The van der Waals surface area contributed by atoms with E-state index in [1.165, 1.54) is 12.1 Å². The Balaban J connectivity index is 2.96. The number of phenols is 1. The van der Waals surface area contributed by atoms with E-state index >= 15 is 0 Å². The highest BCUT2D eigenvalue weighted by molar-refractivity contribution is 5.93. The summed E-state index contributed by atoms with van der Waals surface area (Å²) in [5.74, 6) is -2.19. The van der Waals surface area contributed by atoms with Crippen LogP contribution in [0.4, 0.5) is 0 Å². The first-order valence-electron chi connectivity index (χ1n) is 9.07. The van der Waals surface area contributed by atoms with Crippen LogP contribution in [0.3, 0.4) is 0 Å². The van der Waals surface area contributed by atoms with Crippen LogP contribution in [0.5, 0.6) is 5.75 Å². The average Bonchev–Trinajstić information content (AvgIpc) is 2.64. The van der Waals surface area contributed by atoms with Crippen LogP contribution in [0.25, 0.3) is 0 Å². The van der Waals surface area contributed by atoms with Gasteiger partial charge >= 0.3 is 0 Å². The molecule has 1 rings (SSSR count). The molecule has 1 aromatic rings. The van der Waals surface area contributed by atoms with E-state index in [9.17, 15) is 24.3 Å². The van der Waals surface area contributed by atoms with Crippen LogP contribution in [-0.4, -0.2) is 47.4 Å². The molecule has 0 saturated heterocycles. The maximum atomic E-state index is 12.7. The summed E-state index contributed by atoms with van der Waals surface area (Å²) in [6.45, 7) is 4.88. The average molecular weight is 392 g/mol. The summed E-state index contributed by atoms with van der Waals surface area (Å²) >= 11 is 0. The lowest BCUT2D eigenvalue weighted by atomic mass is 10.0.